The molecule has 0 spiro atoms. The normalized spacial score (nSPS) is 14.1. The molecule has 0 aliphatic carbocycles. The maximum Gasteiger partial charge on any atom is 0.325 e. The molecule has 3 rings (SSSR count). The monoisotopic (exact) mass is 506 g/mol. The number of alkyl halides is 2. The first kappa shape index (κ1) is 26.3. The number of hydrogen-bond acceptors (Lipinski definition) is 6. The molecule has 2 aromatic carbocycles. The lowest BCUT2D eigenvalue weighted by atomic mass is 9.85. The van der Waals surface area contributed by atoms with Crippen LogP contribution in [-0.4, -0.2) is 43.7 Å². The summed E-state index contributed by atoms with van der Waals surface area (Å²) >= 11 is 0. The highest BCUT2D eigenvalue weighted by atomic mass is 19.3. The molecule has 0 saturated heterocycles. The van der Waals surface area contributed by atoms with Gasteiger partial charge in [-0.1, -0.05) is 5.92 Å². The Kier molecular flexibility index (Phi) is 7.69. The molecule has 7 nitrogen and oxygen atoms in total. The Morgan fingerprint density at radius 2 is 1.86 bits per heavy atom. The average molecular weight is 506 g/mol. The van der Waals surface area contributed by atoms with E-state index in [9.17, 15) is 22.7 Å². The van der Waals surface area contributed by atoms with Gasteiger partial charge in [-0.15, -0.1) is 5.10 Å². The van der Waals surface area contributed by atoms with Gasteiger partial charge >= 0.3 is 5.92 Å². The molecule has 0 radical (unpaired) electrons. The van der Waals surface area contributed by atoms with Crippen LogP contribution >= 0.6 is 0 Å². The second kappa shape index (κ2) is 10.5. The van der Waals surface area contributed by atoms with Crippen LogP contribution in [0.1, 0.15) is 18.1 Å². The van der Waals surface area contributed by atoms with Crippen LogP contribution in [0.2, 0.25) is 0 Å². The van der Waals surface area contributed by atoms with Crippen LogP contribution in [0.3, 0.4) is 0 Å². The summed E-state index contributed by atoms with van der Waals surface area (Å²) in [7, 11) is 0. The Balaban J connectivity index is 2.03. The van der Waals surface area contributed by atoms with E-state index in [1.165, 1.54) is 13.0 Å². The highest BCUT2D eigenvalue weighted by Crippen LogP contribution is 2.45. The van der Waals surface area contributed by atoms with Gasteiger partial charge in [-0.2, -0.15) is 8.78 Å². The molecule has 3 aromatic rings. The van der Waals surface area contributed by atoms with Crippen LogP contribution in [0.15, 0.2) is 64.6 Å². The zero-order chi connectivity index (χ0) is 26.5. The molecule has 0 fully saturated rings. The lowest BCUT2D eigenvalue weighted by Crippen LogP contribution is -2.50. The topological polar surface area (TPSA) is 88.5 Å². The molecule has 0 aliphatic rings. The summed E-state index contributed by atoms with van der Waals surface area (Å²) in [6, 6.07) is 4.59. The Morgan fingerprint density at radius 3 is 2.47 bits per heavy atom. The lowest BCUT2D eigenvalue weighted by Gasteiger charge is -2.36. The van der Waals surface area contributed by atoms with Crippen LogP contribution in [0.25, 0.3) is 0 Å². The number of hydrogen-bond donors (Lipinski definition) is 1. The molecule has 0 aliphatic heterocycles. The molecule has 13 heteroatoms. The van der Waals surface area contributed by atoms with Crippen LogP contribution in [-0.2, 0) is 12.1 Å². The molecule has 0 bridgehead atoms. The first-order valence-electron chi connectivity index (χ1n) is 9.93. The zero-order valence-electron chi connectivity index (χ0n) is 18.4. The Morgan fingerprint density at radius 1 is 1.11 bits per heavy atom. The number of nitrogens with zero attached hydrogens (tertiary/aromatic N) is 6. The van der Waals surface area contributed by atoms with Crippen molar-refractivity contribution >= 4 is 12.4 Å². The van der Waals surface area contributed by atoms with Crippen molar-refractivity contribution in [3.05, 3.63) is 89.0 Å². The van der Waals surface area contributed by atoms with E-state index in [1.54, 1.807) is 0 Å². The van der Waals surface area contributed by atoms with E-state index < -0.39 is 52.6 Å². The summed E-state index contributed by atoms with van der Waals surface area (Å²) in [6.45, 7) is 3.34. The Bertz CT molecular complexity index is 1390. The molecule has 1 N–H and O–H groups in total. The SMILES string of the molecule is C=N/C(=C\N=C(C)C#Cc1ccc(F)c(F)c1)C(F)(F)C(O)(Cn1cnnn1)c1ccc(F)cc1F. The number of tetrazole rings is 1. The average Bonchev–Trinajstić information content (AvgIpc) is 3.32. The molecule has 1 heterocycles. The van der Waals surface area contributed by atoms with Gasteiger partial charge in [0.1, 0.15) is 23.7 Å². The minimum atomic E-state index is -4.36. The third-order valence-corrected chi connectivity index (χ3v) is 4.86. The van der Waals surface area contributed by atoms with Crippen molar-refractivity contribution in [2.24, 2.45) is 9.98 Å². The Labute approximate surface area is 200 Å². The van der Waals surface area contributed by atoms with Gasteiger partial charge < -0.3 is 5.11 Å². The largest absolute Gasteiger partial charge is 0.377 e. The van der Waals surface area contributed by atoms with E-state index in [4.69, 9.17) is 0 Å². The van der Waals surface area contributed by atoms with Crippen molar-refractivity contribution in [2.75, 3.05) is 0 Å². The highest BCUT2D eigenvalue weighted by molar-refractivity contribution is 5.99. The van der Waals surface area contributed by atoms with Crippen molar-refractivity contribution < 1.29 is 31.4 Å². The van der Waals surface area contributed by atoms with E-state index in [0.717, 1.165) is 23.1 Å². The van der Waals surface area contributed by atoms with E-state index in [1.807, 2.05) is 0 Å². The number of benzene rings is 2. The molecular formula is C23H16F6N6O. The van der Waals surface area contributed by atoms with Crippen LogP contribution in [0.4, 0.5) is 26.3 Å². The van der Waals surface area contributed by atoms with Crippen LogP contribution in [0.5, 0.6) is 0 Å². The fourth-order valence-corrected chi connectivity index (χ4v) is 3.03. The number of aromatic nitrogens is 4. The van der Waals surface area contributed by atoms with Crippen molar-refractivity contribution in [3.63, 3.8) is 0 Å². The molecule has 186 valence electrons. The van der Waals surface area contributed by atoms with Crippen LogP contribution < -0.4 is 0 Å². The van der Waals surface area contributed by atoms with Gasteiger partial charge in [0, 0.05) is 17.2 Å². The van der Waals surface area contributed by atoms with Gasteiger partial charge in [0.05, 0.1) is 18.5 Å². The summed E-state index contributed by atoms with van der Waals surface area (Å²) in [4.78, 5) is 6.98. The van der Waals surface area contributed by atoms with Gasteiger partial charge in [0.2, 0.25) is 0 Å². The third kappa shape index (κ3) is 5.49. The first-order chi connectivity index (χ1) is 17.0. The van der Waals surface area contributed by atoms with Crippen LogP contribution in [0, 0.1) is 35.1 Å². The molecule has 1 aromatic heterocycles. The van der Waals surface area contributed by atoms with Gasteiger partial charge in [-0.05, 0) is 60.3 Å². The van der Waals surface area contributed by atoms with Gasteiger partial charge in [0.15, 0.2) is 17.2 Å². The van der Waals surface area contributed by atoms with Crippen molar-refractivity contribution in [1.29, 1.82) is 0 Å². The fourth-order valence-electron chi connectivity index (χ4n) is 3.03. The fraction of sp³-hybridized carbons (Fsp3) is 0.174. The van der Waals surface area contributed by atoms with E-state index in [2.05, 4.69) is 44.1 Å². The highest BCUT2D eigenvalue weighted by Gasteiger charge is 2.58. The van der Waals surface area contributed by atoms with E-state index in [0.29, 0.717) is 24.4 Å². The number of rotatable bonds is 7. The molecular weight excluding hydrogens is 490 g/mol. The van der Waals surface area contributed by atoms with Crippen molar-refractivity contribution in [1.82, 2.24) is 20.2 Å². The number of aliphatic hydroxyl groups is 1. The first-order valence-corrected chi connectivity index (χ1v) is 9.93. The number of aliphatic imine (C=N–C) groups is 2. The maximum absolute atomic E-state index is 15.7. The summed E-state index contributed by atoms with van der Waals surface area (Å²) in [5, 5.41) is 21.1. The Hall–Kier alpha value is -4.31. The van der Waals surface area contributed by atoms with Crippen molar-refractivity contribution in [3.8, 4) is 11.8 Å². The number of halogens is 6. The van der Waals surface area contributed by atoms with E-state index in [-0.39, 0.29) is 11.3 Å². The molecule has 0 saturated carbocycles. The second-order valence-corrected chi connectivity index (χ2v) is 7.33. The van der Waals surface area contributed by atoms with E-state index >= 15 is 8.78 Å². The standard InChI is InChI=1S/C23H16F6N6O/c1-14(3-4-15-5-8-18(25)20(27)9-15)31-11-21(30-2)23(28,29)22(36,12-35-13-32-33-34-35)17-7-6-16(24)10-19(17)26/h5-11,13,36H,2,12H2,1H3/b21-11-,31-14?. The predicted octanol–water partition coefficient (Wildman–Crippen LogP) is 3.81. The molecule has 0 amide bonds. The zero-order valence-corrected chi connectivity index (χ0v) is 18.4. The smallest absolute Gasteiger partial charge is 0.325 e. The summed E-state index contributed by atoms with van der Waals surface area (Å²) < 4.78 is 86.4. The maximum atomic E-state index is 15.7. The molecule has 1 atom stereocenters. The third-order valence-electron chi connectivity index (χ3n) is 4.86. The lowest BCUT2D eigenvalue weighted by molar-refractivity contribution is -0.175. The summed E-state index contributed by atoms with van der Waals surface area (Å²) in [6.07, 6.45) is 1.46. The molecule has 36 heavy (non-hydrogen) atoms. The summed E-state index contributed by atoms with van der Waals surface area (Å²) in [5.41, 5.74) is -5.46. The summed E-state index contributed by atoms with van der Waals surface area (Å²) in [5.74, 6) is -4.11. The minimum absolute atomic E-state index is 0.0475. The second-order valence-electron chi connectivity index (χ2n) is 7.33. The molecule has 1 unspecified atom stereocenters. The van der Waals surface area contributed by atoms with Gasteiger partial charge in [-0.25, -0.2) is 22.2 Å². The van der Waals surface area contributed by atoms with Gasteiger partial charge in [0.25, 0.3) is 0 Å². The van der Waals surface area contributed by atoms with Gasteiger partial charge in [-0.3, -0.25) is 9.98 Å². The predicted molar refractivity (Wildman–Crippen MR) is 117 cm³/mol. The quantitative estimate of drug-likeness (QED) is 0.300. The van der Waals surface area contributed by atoms with Crippen molar-refractivity contribution in [2.45, 2.75) is 25.0 Å². The minimum Gasteiger partial charge on any atom is -0.377 e.